The molecule has 0 saturated carbocycles. The molecule has 0 aliphatic carbocycles. The van der Waals surface area contributed by atoms with Gasteiger partial charge in [0.25, 0.3) is 0 Å². The second kappa shape index (κ2) is 7.60. The van der Waals surface area contributed by atoms with Gasteiger partial charge in [-0.2, -0.15) is 0 Å². The standard InChI is InChI=1S/C22H22O4/c1-25-20-11-7-18(8-12-20)22(24,17-5-3-16(15-23)4-6-17)19-9-13-21(26-2)14-10-19/h3-14,23-24H,15H2,1-2H3. The first-order valence-corrected chi connectivity index (χ1v) is 8.33. The third-order valence-electron chi connectivity index (χ3n) is 4.57. The van der Waals surface area contributed by atoms with Crippen LogP contribution >= 0.6 is 0 Å². The number of methoxy groups -OCH3 is 2. The van der Waals surface area contributed by atoms with E-state index in [9.17, 15) is 10.2 Å². The third kappa shape index (κ3) is 3.29. The number of hydrogen-bond donors (Lipinski definition) is 2. The summed E-state index contributed by atoms with van der Waals surface area (Å²) < 4.78 is 10.5. The summed E-state index contributed by atoms with van der Waals surface area (Å²) in [5.74, 6) is 1.45. The summed E-state index contributed by atoms with van der Waals surface area (Å²) in [6, 6.07) is 22.0. The Labute approximate surface area is 153 Å². The van der Waals surface area contributed by atoms with E-state index in [0.29, 0.717) is 5.56 Å². The van der Waals surface area contributed by atoms with Crippen LogP contribution in [0.4, 0.5) is 0 Å². The summed E-state index contributed by atoms with van der Waals surface area (Å²) in [7, 11) is 3.22. The normalized spacial score (nSPS) is 11.2. The predicted octanol–water partition coefficient (Wildman–Crippen LogP) is 3.48. The molecule has 0 bridgehead atoms. The number of ether oxygens (including phenoxy) is 2. The van der Waals surface area contributed by atoms with Crippen LogP contribution in [0, 0.1) is 0 Å². The van der Waals surface area contributed by atoms with Crippen LogP contribution < -0.4 is 9.47 Å². The van der Waals surface area contributed by atoms with Crippen molar-refractivity contribution in [3.8, 4) is 11.5 Å². The van der Waals surface area contributed by atoms with E-state index in [1.54, 1.807) is 14.2 Å². The summed E-state index contributed by atoms with van der Waals surface area (Å²) in [6.07, 6.45) is 0. The summed E-state index contributed by atoms with van der Waals surface area (Å²) in [5, 5.41) is 21.1. The molecule has 0 aliphatic heterocycles. The van der Waals surface area contributed by atoms with E-state index in [2.05, 4.69) is 0 Å². The van der Waals surface area contributed by atoms with Gasteiger partial charge in [0.2, 0.25) is 0 Å². The SMILES string of the molecule is COc1ccc(C(O)(c2ccc(CO)cc2)c2ccc(OC)cc2)cc1. The zero-order valence-electron chi connectivity index (χ0n) is 14.8. The Morgan fingerprint density at radius 2 is 1.00 bits per heavy atom. The van der Waals surface area contributed by atoms with Crippen molar-refractivity contribution in [2.75, 3.05) is 14.2 Å². The van der Waals surface area contributed by atoms with Gasteiger partial charge in [-0.05, 0) is 46.5 Å². The number of aliphatic hydroxyl groups is 2. The first kappa shape index (κ1) is 18.0. The topological polar surface area (TPSA) is 58.9 Å². The maximum atomic E-state index is 11.8. The minimum Gasteiger partial charge on any atom is -0.497 e. The lowest BCUT2D eigenvalue weighted by Gasteiger charge is -2.30. The van der Waals surface area contributed by atoms with Gasteiger partial charge in [-0.1, -0.05) is 48.5 Å². The van der Waals surface area contributed by atoms with Crippen molar-refractivity contribution in [1.29, 1.82) is 0 Å². The number of benzene rings is 3. The molecular formula is C22H22O4. The Bertz CT molecular complexity index is 721. The molecule has 0 amide bonds. The average molecular weight is 350 g/mol. The Morgan fingerprint density at radius 1 is 0.654 bits per heavy atom. The maximum Gasteiger partial charge on any atom is 0.140 e. The van der Waals surface area contributed by atoms with Gasteiger partial charge in [-0.25, -0.2) is 0 Å². The smallest absolute Gasteiger partial charge is 0.140 e. The number of rotatable bonds is 6. The highest BCUT2D eigenvalue weighted by molar-refractivity contribution is 5.49. The lowest BCUT2D eigenvalue weighted by molar-refractivity contribution is 0.125. The summed E-state index contributed by atoms with van der Waals surface area (Å²) in [6.45, 7) is -0.0379. The molecule has 26 heavy (non-hydrogen) atoms. The molecule has 3 rings (SSSR count). The minimum atomic E-state index is -1.34. The molecule has 0 aliphatic rings. The van der Waals surface area contributed by atoms with Crippen molar-refractivity contribution in [3.05, 3.63) is 95.1 Å². The van der Waals surface area contributed by atoms with E-state index in [1.165, 1.54) is 0 Å². The van der Waals surface area contributed by atoms with Crippen LogP contribution in [0.15, 0.2) is 72.8 Å². The highest BCUT2D eigenvalue weighted by Crippen LogP contribution is 2.38. The fourth-order valence-electron chi connectivity index (χ4n) is 3.02. The molecule has 134 valence electrons. The summed E-state index contributed by atoms with van der Waals surface area (Å²) in [5.41, 5.74) is 1.61. The molecule has 0 saturated heterocycles. The van der Waals surface area contributed by atoms with Crippen LogP contribution in [-0.2, 0) is 12.2 Å². The molecule has 0 atom stereocenters. The van der Waals surface area contributed by atoms with E-state index in [-0.39, 0.29) is 6.61 Å². The molecule has 4 heteroatoms. The van der Waals surface area contributed by atoms with Crippen LogP contribution in [0.2, 0.25) is 0 Å². The molecular weight excluding hydrogens is 328 g/mol. The zero-order valence-corrected chi connectivity index (χ0v) is 14.8. The van der Waals surface area contributed by atoms with Gasteiger partial charge in [0.15, 0.2) is 0 Å². The molecule has 2 N–H and O–H groups in total. The van der Waals surface area contributed by atoms with Gasteiger partial charge in [-0.15, -0.1) is 0 Å². The average Bonchev–Trinajstić information content (AvgIpc) is 2.73. The lowest BCUT2D eigenvalue weighted by Crippen LogP contribution is -2.28. The molecule has 0 aromatic heterocycles. The van der Waals surface area contributed by atoms with Crippen LogP contribution in [0.1, 0.15) is 22.3 Å². The first-order valence-electron chi connectivity index (χ1n) is 8.33. The van der Waals surface area contributed by atoms with Gasteiger partial charge in [0.05, 0.1) is 20.8 Å². The summed E-state index contributed by atoms with van der Waals surface area (Å²) >= 11 is 0. The lowest BCUT2D eigenvalue weighted by atomic mass is 9.80. The number of aliphatic hydroxyl groups excluding tert-OH is 1. The van der Waals surface area contributed by atoms with Gasteiger partial charge in [0, 0.05) is 0 Å². The van der Waals surface area contributed by atoms with Crippen molar-refractivity contribution in [2.45, 2.75) is 12.2 Å². The van der Waals surface area contributed by atoms with Crippen LogP contribution in [0.5, 0.6) is 11.5 Å². The molecule has 0 heterocycles. The van der Waals surface area contributed by atoms with Crippen molar-refractivity contribution < 1.29 is 19.7 Å². The fourth-order valence-corrected chi connectivity index (χ4v) is 3.02. The Morgan fingerprint density at radius 3 is 1.31 bits per heavy atom. The second-order valence-corrected chi connectivity index (χ2v) is 6.02. The quantitative estimate of drug-likeness (QED) is 0.668. The van der Waals surface area contributed by atoms with E-state index < -0.39 is 5.60 Å². The van der Waals surface area contributed by atoms with Gasteiger partial charge >= 0.3 is 0 Å². The van der Waals surface area contributed by atoms with Crippen molar-refractivity contribution in [1.82, 2.24) is 0 Å². The molecule has 3 aromatic rings. The van der Waals surface area contributed by atoms with E-state index in [0.717, 1.165) is 28.2 Å². The van der Waals surface area contributed by atoms with Crippen molar-refractivity contribution in [3.63, 3.8) is 0 Å². The Balaban J connectivity index is 2.15. The molecule has 0 unspecified atom stereocenters. The monoisotopic (exact) mass is 350 g/mol. The van der Waals surface area contributed by atoms with Gasteiger partial charge in [0.1, 0.15) is 17.1 Å². The highest BCUT2D eigenvalue weighted by atomic mass is 16.5. The van der Waals surface area contributed by atoms with Gasteiger partial charge < -0.3 is 19.7 Å². The van der Waals surface area contributed by atoms with Crippen LogP contribution in [0.3, 0.4) is 0 Å². The Hall–Kier alpha value is -2.82. The third-order valence-corrected chi connectivity index (χ3v) is 4.57. The molecule has 0 radical (unpaired) electrons. The first-order chi connectivity index (χ1) is 12.6. The maximum absolute atomic E-state index is 11.8. The van der Waals surface area contributed by atoms with E-state index in [4.69, 9.17) is 9.47 Å². The van der Waals surface area contributed by atoms with Gasteiger partial charge in [-0.3, -0.25) is 0 Å². The molecule has 0 spiro atoms. The Kier molecular flexibility index (Phi) is 5.26. The fraction of sp³-hybridized carbons (Fsp3) is 0.182. The number of hydrogen-bond acceptors (Lipinski definition) is 4. The van der Waals surface area contributed by atoms with Crippen molar-refractivity contribution in [2.24, 2.45) is 0 Å². The van der Waals surface area contributed by atoms with Crippen molar-refractivity contribution >= 4 is 0 Å². The van der Waals surface area contributed by atoms with Crippen LogP contribution in [0.25, 0.3) is 0 Å². The molecule has 4 nitrogen and oxygen atoms in total. The van der Waals surface area contributed by atoms with Crippen LogP contribution in [-0.4, -0.2) is 24.4 Å². The van der Waals surface area contributed by atoms with E-state index >= 15 is 0 Å². The summed E-state index contributed by atoms with van der Waals surface area (Å²) in [4.78, 5) is 0. The van der Waals surface area contributed by atoms with E-state index in [1.807, 2.05) is 72.8 Å². The second-order valence-electron chi connectivity index (χ2n) is 6.02. The minimum absolute atomic E-state index is 0.0379. The largest absolute Gasteiger partial charge is 0.497 e. The highest BCUT2D eigenvalue weighted by Gasteiger charge is 2.33. The molecule has 3 aromatic carbocycles. The predicted molar refractivity (Wildman–Crippen MR) is 100 cm³/mol. The zero-order chi connectivity index (χ0) is 18.6. The molecule has 0 fully saturated rings.